The Morgan fingerprint density at radius 3 is 2.00 bits per heavy atom. The molecular weight excluding hydrogens is 243 g/mol. The van der Waals surface area contributed by atoms with Gasteiger partial charge in [0.25, 0.3) is 0 Å². The third-order valence-corrected chi connectivity index (χ3v) is 2.24. The lowest BCUT2D eigenvalue weighted by atomic mass is 10.2. The number of alkyl halides is 3. The predicted molar refractivity (Wildman–Crippen MR) is 62.1 cm³/mol. The van der Waals surface area contributed by atoms with E-state index in [1.807, 2.05) is 6.07 Å². The molecular formula is C13H10F3NO. The predicted octanol–water partition coefficient (Wildman–Crippen LogP) is 4.11. The molecule has 0 aromatic heterocycles. The molecule has 0 aliphatic rings. The van der Waals surface area contributed by atoms with Crippen LogP contribution in [0.2, 0.25) is 0 Å². The smallest absolute Gasteiger partial charge is 0.382 e. The van der Waals surface area contributed by atoms with Gasteiger partial charge in [0.1, 0.15) is 0 Å². The highest BCUT2D eigenvalue weighted by Crippen LogP contribution is 2.29. The van der Waals surface area contributed by atoms with Crippen molar-refractivity contribution >= 4 is 5.69 Å². The van der Waals surface area contributed by atoms with Crippen LogP contribution in [-0.4, -0.2) is 0 Å². The molecule has 0 aliphatic carbocycles. The number of benzene rings is 2. The van der Waals surface area contributed by atoms with Crippen LogP contribution in [0.3, 0.4) is 0 Å². The molecule has 94 valence electrons. The molecule has 5 heteroatoms. The molecule has 0 saturated heterocycles. The van der Waals surface area contributed by atoms with E-state index in [9.17, 15) is 13.2 Å². The molecule has 0 saturated carbocycles. The first kappa shape index (κ1) is 12.3. The number of hydrogen-bond donors (Lipinski definition) is 1. The summed E-state index contributed by atoms with van der Waals surface area (Å²) in [4.78, 5) is 5.19. The van der Waals surface area contributed by atoms with Gasteiger partial charge >= 0.3 is 6.18 Å². The summed E-state index contributed by atoms with van der Waals surface area (Å²) >= 11 is 0. The summed E-state index contributed by atoms with van der Waals surface area (Å²) < 4.78 is 37.0. The average molecular weight is 253 g/mol. The van der Waals surface area contributed by atoms with Gasteiger partial charge in [-0.1, -0.05) is 18.2 Å². The number of rotatable bonds is 3. The van der Waals surface area contributed by atoms with Crippen molar-refractivity contribution in [3.8, 4) is 5.75 Å². The molecule has 1 N–H and O–H groups in total. The largest absolute Gasteiger partial charge is 0.416 e. The Labute approximate surface area is 102 Å². The van der Waals surface area contributed by atoms with E-state index in [-0.39, 0.29) is 0 Å². The first-order chi connectivity index (χ1) is 8.55. The molecule has 0 aliphatic heterocycles. The third-order valence-electron chi connectivity index (χ3n) is 2.24. The topological polar surface area (TPSA) is 21.3 Å². The van der Waals surface area contributed by atoms with E-state index in [2.05, 4.69) is 5.48 Å². The number of hydrogen-bond acceptors (Lipinski definition) is 2. The van der Waals surface area contributed by atoms with Crippen LogP contribution in [0.5, 0.6) is 5.75 Å². The van der Waals surface area contributed by atoms with Crippen LogP contribution in [-0.2, 0) is 6.18 Å². The van der Waals surface area contributed by atoms with Crippen molar-refractivity contribution in [3.05, 3.63) is 60.2 Å². The lowest BCUT2D eigenvalue weighted by Crippen LogP contribution is -2.07. The molecule has 0 fully saturated rings. The van der Waals surface area contributed by atoms with E-state index in [1.54, 1.807) is 24.3 Å². The van der Waals surface area contributed by atoms with Crippen molar-refractivity contribution in [1.82, 2.24) is 0 Å². The van der Waals surface area contributed by atoms with Crippen LogP contribution in [0.4, 0.5) is 18.9 Å². The molecule has 0 spiro atoms. The molecule has 2 aromatic carbocycles. The minimum atomic E-state index is -4.32. The fraction of sp³-hybridized carbons (Fsp3) is 0.0769. The second kappa shape index (κ2) is 5.00. The SMILES string of the molecule is FC(F)(F)c1ccc(NOc2ccccc2)cc1. The van der Waals surface area contributed by atoms with E-state index < -0.39 is 11.7 Å². The summed E-state index contributed by atoms with van der Waals surface area (Å²) in [6.45, 7) is 0. The van der Waals surface area contributed by atoms with Gasteiger partial charge in [0.15, 0.2) is 5.75 Å². The normalized spacial score (nSPS) is 11.1. The molecule has 2 nitrogen and oxygen atoms in total. The van der Waals surface area contributed by atoms with Crippen LogP contribution >= 0.6 is 0 Å². The molecule has 0 amide bonds. The zero-order valence-electron chi connectivity index (χ0n) is 9.24. The van der Waals surface area contributed by atoms with Gasteiger partial charge < -0.3 is 4.84 Å². The van der Waals surface area contributed by atoms with E-state index in [0.29, 0.717) is 11.4 Å². The van der Waals surface area contributed by atoms with Crippen LogP contribution < -0.4 is 10.3 Å². The highest BCUT2D eigenvalue weighted by Gasteiger charge is 2.29. The highest BCUT2D eigenvalue weighted by atomic mass is 19.4. The van der Waals surface area contributed by atoms with Crippen LogP contribution in [0.15, 0.2) is 54.6 Å². The Kier molecular flexibility index (Phi) is 3.41. The molecule has 0 heterocycles. The monoisotopic (exact) mass is 253 g/mol. The molecule has 0 bridgehead atoms. The Morgan fingerprint density at radius 1 is 0.833 bits per heavy atom. The van der Waals surface area contributed by atoms with Gasteiger partial charge in [-0.2, -0.15) is 13.2 Å². The van der Waals surface area contributed by atoms with Crippen molar-refractivity contribution in [2.75, 3.05) is 5.48 Å². The van der Waals surface area contributed by atoms with Gasteiger partial charge in [0, 0.05) is 0 Å². The Morgan fingerprint density at radius 2 is 1.44 bits per heavy atom. The maximum Gasteiger partial charge on any atom is 0.416 e. The Hall–Kier alpha value is -2.17. The lowest BCUT2D eigenvalue weighted by Gasteiger charge is -2.10. The third kappa shape index (κ3) is 3.16. The van der Waals surface area contributed by atoms with Crippen molar-refractivity contribution in [3.63, 3.8) is 0 Å². The first-order valence-corrected chi connectivity index (χ1v) is 5.21. The van der Waals surface area contributed by atoms with Gasteiger partial charge in [-0.3, -0.25) is 0 Å². The van der Waals surface area contributed by atoms with Crippen molar-refractivity contribution in [1.29, 1.82) is 0 Å². The minimum Gasteiger partial charge on any atom is -0.382 e. The number of para-hydroxylation sites is 1. The van der Waals surface area contributed by atoms with E-state index in [1.165, 1.54) is 12.1 Å². The summed E-state index contributed by atoms with van der Waals surface area (Å²) in [6, 6.07) is 13.5. The van der Waals surface area contributed by atoms with Crippen molar-refractivity contribution in [2.24, 2.45) is 0 Å². The quantitative estimate of drug-likeness (QED) is 0.831. The number of nitrogens with one attached hydrogen (secondary N) is 1. The molecule has 2 rings (SSSR count). The second-order valence-corrected chi connectivity index (χ2v) is 3.59. The molecule has 0 atom stereocenters. The first-order valence-electron chi connectivity index (χ1n) is 5.21. The molecule has 0 unspecified atom stereocenters. The van der Waals surface area contributed by atoms with Gasteiger partial charge in [0.05, 0.1) is 11.3 Å². The lowest BCUT2D eigenvalue weighted by molar-refractivity contribution is -0.137. The molecule has 2 aromatic rings. The van der Waals surface area contributed by atoms with E-state index >= 15 is 0 Å². The van der Waals surface area contributed by atoms with E-state index in [0.717, 1.165) is 12.1 Å². The molecule has 0 radical (unpaired) electrons. The zero-order chi connectivity index (χ0) is 13.0. The summed E-state index contributed by atoms with van der Waals surface area (Å²) in [6.07, 6.45) is -4.32. The van der Waals surface area contributed by atoms with E-state index in [4.69, 9.17) is 4.84 Å². The van der Waals surface area contributed by atoms with Crippen molar-refractivity contribution in [2.45, 2.75) is 6.18 Å². The summed E-state index contributed by atoms with van der Waals surface area (Å²) in [5.74, 6) is 0.581. The summed E-state index contributed by atoms with van der Waals surface area (Å²) in [7, 11) is 0. The average Bonchev–Trinajstić information content (AvgIpc) is 2.37. The Bertz CT molecular complexity index is 494. The maximum absolute atomic E-state index is 12.3. The summed E-state index contributed by atoms with van der Waals surface area (Å²) in [5, 5.41) is 0. The second-order valence-electron chi connectivity index (χ2n) is 3.59. The Balaban J connectivity index is 1.99. The highest BCUT2D eigenvalue weighted by molar-refractivity contribution is 5.44. The van der Waals surface area contributed by atoms with Crippen LogP contribution in [0, 0.1) is 0 Å². The summed E-state index contributed by atoms with van der Waals surface area (Å²) in [5.41, 5.74) is 2.34. The fourth-order valence-electron chi connectivity index (χ4n) is 1.33. The zero-order valence-corrected chi connectivity index (χ0v) is 9.24. The fourth-order valence-corrected chi connectivity index (χ4v) is 1.33. The van der Waals surface area contributed by atoms with Gasteiger partial charge in [-0.15, -0.1) is 0 Å². The van der Waals surface area contributed by atoms with Gasteiger partial charge in [0.2, 0.25) is 0 Å². The van der Waals surface area contributed by atoms with Gasteiger partial charge in [-0.25, -0.2) is 5.48 Å². The van der Waals surface area contributed by atoms with Crippen LogP contribution in [0.25, 0.3) is 0 Å². The standard InChI is InChI=1S/C13H10F3NO/c14-13(15,16)10-6-8-11(9-7-10)17-18-12-4-2-1-3-5-12/h1-9,17H. The van der Waals surface area contributed by atoms with Crippen LogP contribution in [0.1, 0.15) is 5.56 Å². The molecule has 18 heavy (non-hydrogen) atoms. The van der Waals surface area contributed by atoms with Gasteiger partial charge in [-0.05, 0) is 36.4 Å². The minimum absolute atomic E-state index is 0.451. The van der Waals surface area contributed by atoms with Crippen molar-refractivity contribution < 1.29 is 18.0 Å². The number of anilines is 1. The number of halogens is 3. The maximum atomic E-state index is 12.3.